The van der Waals surface area contributed by atoms with Crippen molar-refractivity contribution in [2.75, 3.05) is 55.8 Å². The number of rotatable bonds is 5. The van der Waals surface area contributed by atoms with Crippen LogP contribution in [0.25, 0.3) is 11.1 Å². The molecule has 2 N–H and O–H groups in total. The van der Waals surface area contributed by atoms with Crippen molar-refractivity contribution in [3.8, 4) is 11.1 Å². The zero-order valence-corrected chi connectivity index (χ0v) is 18.0. The molecule has 0 atom stereocenters. The van der Waals surface area contributed by atoms with E-state index in [-0.39, 0.29) is 0 Å². The number of piperazine rings is 1. The van der Waals surface area contributed by atoms with E-state index < -0.39 is 0 Å². The van der Waals surface area contributed by atoms with Crippen LogP contribution in [0.15, 0.2) is 54.6 Å². The quantitative estimate of drug-likeness (QED) is 0.706. The van der Waals surface area contributed by atoms with Gasteiger partial charge in [-0.15, -0.1) is 0 Å². The molecule has 156 valence electrons. The SMILES string of the molecule is Cc1ccc(-c2c(N)nc(N3CCN(Cc4ccccc4)CC3)nc2N(C)C)cc1. The largest absolute Gasteiger partial charge is 0.383 e. The Labute approximate surface area is 179 Å². The molecule has 1 aliphatic heterocycles. The van der Waals surface area contributed by atoms with E-state index in [9.17, 15) is 0 Å². The van der Waals surface area contributed by atoms with Crippen molar-refractivity contribution in [2.45, 2.75) is 13.5 Å². The lowest BCUT2D eigenvalue weighted by Crippen LogP contribution is -2.46. The predicted octanol–water partition coefficient (Wildman–Crippen LogP) is 3.42. The highest BCUT2D eigenvalue weighted by Gasteiger charge is 2.23. The summed E-state index contributed by atoms with van der Waals surface area (Å²) in [7, 11) is 4.00. The van der Waals surface area contributed by atoms with Gasteiger partial charge in [-0.2, -0.15) is 9.97 Å². The number of aryl methyl sites for hydroxylation is 1. The Morgan fingerprint density at radius 3 is 2.20 bits per heavy atom. The average Bonchev–Trinajstić information content (AvgIpc) is 2.75. The van der Waals surface area contributed by atoms with Crippen LogP contribution in [-0.4, -0.2) is 55.1 Å². The number of hydrogen-bond donors (Lipinski definition) is 1. The molecule has 1 aliphatic rings. The highest BCUT2D eigenvalue weighted by atomic mass is 15.3. The average molecular weight is 403 g/mol. The molecule has 4 rings (SSSR count). The first-order chi connectivity index (χ1) is 14.5. The standard InChI is InChI=1S/C24H30N6/c1-18-9-11-20(12-10-18)21-22(25)26-24(27-23(21)28(2)3)30-15-13-29(14-16-30)17-19-7-5-4-6-8-19/h4-12H,13-17H2,1-3H3,(H2,25,26,27). The molecule has 1 fully saturated rings. The summed E-state index contributed by atoms with van der Waals surface area (Å²) in [5, 5.41) is 0. The van der Waals surface area contributed by atoms with Crippen LogP contribution >= 0.6 is 0 Å². The van der Waals surface area contributed by atoms with Crippen LogP contribution in [0.1, 0.15) is 11.1 Å². The molecule has 0 saturated carbocycles. The number of anilines is 3. The van der Waals surface area contributed by atoms with Crippen molar-refractivity contribution >= 4 is 17.6 Å². The van der Waals surface area contributed by atoms with E-state index in [1.807, 2.05) is 19.0 Å². The maximum Gasteiger partial charge on any atom is 0.229 e. The Morgan fingerprint density at radius 1 is 0.900 bits per heavy atom. The van der Waals surface area contributed by atoms with Crippen LogP contribution in [0.3, 0.4) is 0 Å². The van der Waals surface area contributed by atoms with Gasteiger partial charge in [-0.1, -0.05) is 60.2 Å². The van der Waals surface area contributed by atoms with Gasteiger partial charge in [0.15, 0.2) is 0 Å². The lowest BCUT2D eigenvalue weighted by atomic mass is 10.0. The molecular weight excluding hydrogens is 372 g/mol. The Balaban J connectivity index is 1.53. The van der Waals surface area contributed by atoms with Crippen molar-refractivity contribution in [1.82, 2.24) is 14.9 Å². The van der Waals surface area contributed by atoms with E-state index in [0.717, 1.165) is 49.7 Å². The minimum Gasteiger partial charge on any atom is -0.383 e. The third-order valence-electron chi connectivity index (χ3n) is 5.57. The van der Waals surface area contributed by atoms with Crippen LogP contribution in [0.2, 0.25) is 0 Å². The Morgan fingerprint density at radius 2 is 1.57 bits per heavy atom. The number of aromatic nitrogens is 2. The van der Waals surface area contributed by atoms with E-state index in [4.69, 9.17) is 15.7 Å². The van der Waals surface area contributed by atoms with Crippen molar-refractivity contribution < 1.29 is 0 Å². The fourth-order valence-corrected chi connectivity index (χ4v) is 3.86. The second-order valence-corrected chi connectivity index (χ2v) is 8.12. The molecule has 6 heteroatoms. The smallest absolute Gasteiger partial charge is 0.229 e. The first-order valence-corrected chi connectivity index (χ1v) is 10.4. The number of hydrogen-bond acceptors (Lipinski definition) is 6. The van der Waals surface area contributed by atoms with E-state index in [1.54, 1.807) is 0 Å². The van der Waals surface area contributed by atoms with E-state index in [1.165, 1.54) is 11.1 Å². The fraction of sp³-hybridized carbons (Fsp3) is 0.333. The third kappa shape index (κ3) is 4.39. The van der Waals surface area contributed by atoms with Crippen molar-refractivity contribution in [1.29, 1.82) is 0 Å². The van der Waals surface area contributed by atoms with Gasteiger partial charge in [-0.05, 0) is 18.1 Å². The molecule has 2 heterocycles. The molecule has 0 spiro atoms. The summed E-state index contributed by atoms with van der Waals surface area (Å²) in [5.74, 6) is 2.10. The Kier molecular flexibility index (Phi) is 5.86. The molecule has 3 aromatic rings. The zero-order chi connectivity index (χ0) is 21.1. The highest BCUT2D eigenvalue weighted by molar-refractivity contribution is 5.85. The summed E-state index contributed by atoms with van der Waals surface area (Å²) in [6.45, 7) is 6.81. The summed E-state index contributed by atoms with van der Waals surface area (Å²) >= 11 is 0. The molecule has 0 amide bonds. The summed E-state index contributed by atoms with van der Waals surface area (Å²) < 4.78 is 0. The lowest BCUT2D eigenvalue weighted by Gasteiger charge is -2.35. The van der Waals surface area contributed by atoms with Gasteiger partial charge in [-0.3, -0.25) is 4.90 Å². The summed E-state index contributed by atoms with van der Waals surface area (Å²) in [6.07, 6.45) is 0. The van der Waals surface area contributed by atoms with Crippen molar-refractivity contribution in [3.63, 3.8) is 0 Å². The second-order valence-electron chi connectivity index (χ2n) is 8.12. The van der Waals surface area contributed by atoms with Gasteiger partial charge in [-0.25, -0.2) is 0 Å². The molecule has 6 nitrogen and oxygen atoms in total. The highest BCUT2D eigenvalue weighted by Crippen LogP contribution is 2.34. The van der Waals surface area contributed by atoms with Crippen LogP contribution in [-0.2, 0) is 6.54 Å². The molecule has 0 aliphatic carbocycles. The zero-order valence-electron chi connectivity index (χ0n) is 18.0. The van der Waals surface area contributed by atoms with E-state index in [0.29, 0.717) is 11.8 Å². The molecule has 30 heavy (non-hydrogen) atoms. The molecule has 2 aromatic carbocycles. The maximum atomic E-state index is 6.45. The van der Waals surface area contributed by atoms with Gasteiger partial charge in [0.2, 0.25) is 5.95 Å². The van der Waals surface area contributed by atoms with Gasteiger partial charge in [0.05, 0.1) is 5.56 Å². The number of nitrogen functional groups attached to an aromatic ring is 1. The summed E-state index contributed by atoms with van der Waals surface area (Å²) in [6, 6.07) is 19.0. The van der Waals surface area contributed by atoms with Gasteiger partial charge < -0.3 is 15.5 Å². The predicted molar refractivity (Wildman–Crippen MR) is 125 cm³/mol. The summed E-state index contributed by atoms with van der Waals surface area (Å²) in [5.41, 5.74) is 11.0. The normalized spacial score (nSPS) is 14.7. The second kappa shape index (κ2) is 8.71. The molecule has 0 unspecified atom stereocenters. The van der Waals surface area contributed by atoms with Gasteiger partial charge in [0, 0.05) is 46.8 Å². The number of nitrogens with zero attached hydrogens (tertiary/aromatic N) is 5. The molecular formula is C24H30N6. The minimum atomic E-state index is 0.527. The van der Waals surface area contributed by atoms with Crippen LogP contribution in [0, 0.1) is 6.92 Å². The first-order valence-electron chi connectivity index (χ1n) is 10.4. The molecule has 1 aromatic heterocycles. The molecule has 1 saturated heterocycles. The van der Waals surface area contributed by atoms with Crippen LogP contribution < -0.4 is 15.5 Å². The number of benzene rings is 2. The molecule has 0 radical (unpaired) electrons. The van der Waals surface area contributed by atoms with Crippen molar-refractivity contribution in [3.05, 3.63) is 65.7 Å². The van der Waals surface area contributed by atoms with Crippen LogP contribution in [0.5, 0.6) is 0 Å². The number of nitrogens with two attached hydrogens (primary N) is 1. The van der Waals surface area contributed by atoms with Gasteiger partial charge in [0.1, 0.15) is 11.6 Å². The minimum absolute atomic E-state index is 0.527. The van der Waals surface area contributed by atoms with E-state index in [2.05, 4.69) is 71.3 Å². The lowest BCUT2D eigenvalue weighted by molar-refractivity contribution is 0.249. The van der Waals surface area contributed by atoms with Crippen LogP contribution in [0.4, 0.5) is 17.6 Å². The topological polar surface area (TPSA) is 61.5 Å². The monoisotopic (exact) mass is 402 g/mol. The fourth-order valence-electron chi connectivity index (χ4n) is 3.86. The third-order valence-corrected chi connectivity index (χ3v) is 5.57. The summed E-state index contributed by atoms with van der Waals surface area (Å²) in [4.78, 5) is 16.3. The van der Waals surface area contributed by atoms with Crippen molar-refractivity contribution in [2.24, 2.45) is 0 Å². The maximum absolute atomic E-state index is 6.45. The van der Waals surface area contributed by atoms with Gasteiger partial charge in [0.25, 0.3) is 0 Å². The van der Waals surface area contributed by atoms with Gasteiger partial charge >= 0.3 is 0 Å². The Hall–Kier alpha value is -3.12. The van der Waals surface area contributed by atoms with E-state index >= 15 is 0 Å². The first kappa shape index (κ1) is 20.2. The Bertz CT molecular complexity index is 977. The molecule has 0 bridgehead atoms.